The molecule has 0 saturated heterocycles. The fourth-order valence-corrected chi connectivity index (χ4v) is 3.45. The van der Waals surface area contributed by atoms with Crippen molar-refractivity contribution in [1.82, 2.24) is 4.98 Å². The van der Waals surface area contributed by atoms with Crippen molar-refractivity contribution in [2.75, 3.05) is 0 Å². The zero-order valence-corrected chi connectivity index (χ0v) is 11.7. The minimum atomic E-state index is -0.624. The van der Waals surface area contributed by atoms with E-state index in [0.717, 1.165) is 25.7 Å². The molecule has 1 aliphatic rings. The third-order valence-electron chi connectivity index (χ3n) is 4.46. The van der Waals surface area contributed by atoms with E-state index in [1.807, 2.05) is 18.2 Å². The second kappa shape index (κ2) is 5.76. The van der Waals surface area contributed by atoms with Crippen molar-refractivity contribution < 1.29 is 5.11 Å². The lowest BCUT2D eigenvalue weighted by molar-refractivity contribution is -0.0167. The van der Waals surface area contributed by atoms with Gasteiger partial charge in [0.05, 0.1) is 5.60 Å². The van der Waals surface area contributed by atoms with Crippen LogP contribution in [-0.2, 0) is 6.42 Å². The summed E-state index contributed by atoms with van der Waals surface area (Å²) < 4.78 is 0. The average Bonchev–Trinajstić information content (AvgIpc) is 2.49. The zero-order valence-electron chi connectivity index (χ0n) is 11.7. The van der Waals surface area contributed by atoms with Crippen LogP contribution in [0.1, 0.15) is 42.7 Å². The predicted molar refractivity (Wildman–Crippen MR) is 80.5 cm³/mol. The van der Waals surface area contributed by atoms with E-state index >= 15 is 0 Å². The highest BCUT2D eigenvalue weighted by Crippen LogP contribution is 2.42. The maximum absolute atomic E-state index is 11.2. The van der Waals surface area contributed by atoms with Gasteiger partial charge in [0.1, 0.15) is 0 Å². The molecular weight excluding hydrogens is 246 g/mol. The molecular formula is C18H21NO. The quantitative estimate of drug-likeness (QED) is 0.919. The summed E-state index contributed by atoms with van der Waals surface area (Å²) in [4.78, 5) is 4.06. The van der Waals surface area contributed by atoms with Crippen molar-refractivity contribution in [1.29, 1.82) is 0 Å². The van der Waals surface area contributed by atoms with Crippen LogP contribution < -0.4 is 0 Å². The molecule has 2 atom stereocenters. The molecule has 1 aromatic carbocycles. The van der Waals surface area contributed by atoms with Crippen molar-refractivity contribution in [3.8, 4) is 0 Å². The first kappa shape index (κ1) is 13.3. The maximum Gasteiger partial charge on any atom is 0.0756 e. The molecule has 2 nitrogen and oxygen atoms in total. The average molecular weight is 267 g/mol. The molecule has 2 unspecified atom stereocenters. The molecule has 0 bridgehead atoms. The smallest absolute Gasteiger partial charge is 0.0756 e. The van der Waals surface area contributed by atoms with Crippen LogP contribution in [0.2, 0.25) is 0 Å². The molecule has 2 heteroatoms. The van der Waals surface area contributed by atoms with Gasteiger partial charge in [-0.2, -0.15) is 0 Å². The Labute approximate surface area is 120 Å². The Morgan fingerprint density at radius 1 is 1.05 bits per heavy atom. The Morgan fingerprint density at radius 2 is 1.80 bits per heavy atom. The van der Waals surface area contributed by atoms with Crippen molar-refractivity contribution in [2.45, 2.75) is 43.6 Å². The Hall–Kier alpha value is -1.67. The predicted octanol–water partition coefficient (Wildman–Crippen LogP) is 3.71. The van der Waals surface area contributed by atoms with E-state index in [0.29, 0.717) is 0 Å². The largest absolute Gasteiger partial charge is 0.389 e. The first-order chi connectivity index (χ1) is 9.78. The zero-order chi connectivity index (χ0) is 13.8. The minimum Gasteiger partial charge on any atom is -0.389 e. The molecule has 2 aromatic rings. The topological polar surface area (TPSA) is 33.1 Å². The third kappa shape index (κ3) is 2.75. The summed E-state index contributed by atoms with van der Waals surface area (Å²) in [6.45, 7) is 0. The Bertz CT molecular complexity index is 540. The van der Waals surface area contributed by atoms with E-state index < -0.39 is 5.60 Å². The van der Waals surface area contributed by atoms with E-state index in [4.69, 9.17) is 0 Å². The van der Waals surface area contributed by atoms with Crippen molar-refractivity contribution in [3.63, 3.8) is 0 Å². The van der Waals surface area contributed by atoms with Crippen LogP contribution in [-0.4, -0.2) is 15.7 Å². The lowest BCUT2D eigenvalue weighted by Gasteiger charge is -2.40. The van der Waals surface area contributed by atoms with Gasteiger partial charge in [-0.1, -0.05) is 43.2 Å². The summed E-state index contributed by atoms with van der Waals surface area (Å²) in [5.41, 5.74) is 1.81. The molecule has 0 amide bonds. The molecule has 1 aromatic heterocycles. The third-order valence-corrected chi connectivity index (χ3v) is 4.46. The van der Waals surface area contributed by atoms with Crippen LogP contribution in [0.5, 0.6) is 0 Å². The van der Waals surface area contributed by atoms with E-state index in [2.05, 4.69) is 29.2 Å². The molecule has 0 spiro atoms. The Balaban J connectivity index is 1.88. The van der Waals surface area contributed by atoms with Crippen molar-refractivity contribution in [3.05, 3.63) is 66.0 Å². The van der Waals surface area contributed by atoms with Gasteiger partial charge in [0.15, 0.2) is 0 Å². The Morgan fingerprint density at radius 3 is 2.55 bits per heavy atom. The van der Waals surface area contributed by atoms with Gasteiger partial charge in [-0.15, -0.1) is 0 Å². The molecule has 0 aliphatic heterocycles. The number of benzene rings is 1. The van der Waals surface area contributed by atoms with Crippen molar-refractivity contribution >= 4 is 0 Å². The molecule has 1 N–H and O–H groups in total. The fraction of sp³-hybridized carbons (Fsp3) is 0.389. The lowest BCUT2D eigenvalue weighted by Crippen LogP contribution is -2.41. The summed E-state index contributed by atoms with van der Waals surface area (Å²) >= 11 is 0. The van der Waals surface area contributed by atoms with Gasteiger partial charge in [-0.25, -0.2) is 0 Å². The number of rotatable bonds is 3. The Kier molecular flexibility index (Phi) is 3.83. The highest BCUT2D eigenvalue weighted by molar-refractivity contribution is 5.26. The van der Waals surface area contributed by atoms with Gasteiger partial charge in [0.2, 0.25) is 0 Å². The van der Waals surface area contributed by atoms with Gasteiger partial charge in [-0.3, -0.25) is 4.98 Å². The monoisotopic (exact) mass is 267 g/mol. The van der Waals surface area contributed by atoms with Gasteiger partial charge >= 0.3 is 0 Å². The molecule has 1 saturated carbocycles. The number of aliphatic hydroxyl groups is 1. The van der Waals surface area contributed by atoms with Gasteiger partial charge in [0.25, 0.3) is 0 Å². The summed E-state index contributed by atoms with van der Waals surface area (Å²) in [7, 11) is 0. The highest BCUT2D eigenvalue weighted by Gasteiger charge is 2.39. The second-order valence-electron chi connectivity index (χ2n) is 5.84. The van der Waals surface area contributed by atoms with E-state index in [1.165, 1.54) is 17.5 Å². The standard InChI is InChI=1S/C18H21NO/c20-18(14-15-9-12-19-13-10-15)11-5-4-8-17(18)16-6-2-1-3-7-16/h1-3,6-7,9-10,12-13,17,20H,4-5,8,11,14H2. The van der Waals surface area contributed by atoms with Gasteiger partial charge in [0, 0.05) is 24.7 Å². The molecule has 104 valence electrons. The van der Waals surface area contributed by atoms with Crippen LogP contribution in [0.15, 0.2) is 54.9 Å². The maximum atomic E-state index is 11.2. The first-order valence-electron chi connectivity index (χ1n) is 7.44. The SMILES string of the molecule is OC1(Cc2ccncc2)CCCCC1c1ccccc1. The molecule has 1 fully saturated rings. The van der Waals surface area contributed by atoms with E-state index in [1.54, 1.807) is 12.4 Å². The normalized spacial score (nSPS) is 26.4. The van der Waals surface area contributed by atoms with Crippen LogP contribution in [0, 0.1) is 0 Å². The number of nitrogens with zero attached hydrogens (tertiary/aromatic N) is 1. The molecule has 3 rings (SSSR count). The molecule has 0 radical (unpaired) electrons. The van der Waals surface area contributed by atoms with Crippen LogP contribution in [0.4, 0.5) is 0 Å². The summed E-state index contributed by atoms with van der Waals surface area (Å²) in [5, 5.41) is 11.2. The summed E-state index contributed by atoms with van der Waals surface area (Å²) in [6, 6.07) is 14.5. The van der Waals surface area contributed by atoms with Crippen LogP contribution in [0.3, 0.4) is 0 Å². The molecule has 20 heavy (non-hydrogen) atoms. The van der Waals surface area contributed by atoms with Crippen LogP contribution >= 0.6 is 0 Å². The van der Waals surface area contributed by atoms with E-state index in [-0.39, 0.29) is 5.92 Å². The number of hydrogen-bond acceptors (Lipinski definition) is 2. The number of aromatic nitrogens is 1. The number of hydrogen-bond donors (Lipinski definition) is 1. The summed E-state index contributed by atoms with van der Waals surface area (Å²) in [6.07, 6.45) is 8.61. The van der Waals surface area contributed by atoms with Gasteiger partial charge < -0.3 is 5.11 Å². The molecule has 1 heterocycles. The fourth-order valence-electron chi connectivity index (χ4n) is 3.45. The second-order valence-corrected chi connectivity index (χ2v) is 5.84. The minimum absolute atomic E-state index is 0.241. The van der Waals surface area contributed by atoms with Crippen molar-refractivity contribution in [2.24, 2.45) is 0 Å². The summed E-state index contributed by atoms with van der Waals surface area (Å²) in [5.74, 6) is 0.241. The first-order valence-corrected chi connectivity index (χ1v) is 7.44. The lowest BCUT2D eigenvalue weighted by atomic mass is 9.69. The molecule has 1 aliphatic carbocycles. The highest BCUT2D eigenvalue weighted by atomic mass is 16.3. The van der Waals surface area contributed by atoms with Crippen LogP contribution in [0.25, 0.3) is 0 Å². The van der Waals surface area contributed by atoms with Gasteiger partial charge in [-0.05, 0) is 36.1 Å². The number of pyridine rings is 1. The van der Waals surface area contributed by atoms with E-state index in [9.17, 15) is 5.11 Å².